The van der Waals surface area contributed by atoms with E-state index in [2.05, 4.69) is 54.5 Å². The lowest BCUT2D eigenvalue weighted by atomic mass is 9.73. The molecule has 5 rings (SSSR count). The van der Waals surface area contributed by atoms with Crippen molar-refractivity contribution in [2.45, 2.75) is 76.0 Å². The predicted octanol–water partition coefficient (Wildman–Crippen LogP) is 6.74. The van der Waals surface area contributed by atoms with E-state index in [1.54, 1.807) is 18.5 Å². The van der Waals surface area contributed by atoms with Crippen molar-refractivity contribution in [3.05, 3.63) is 78.1 Å². The van der Waals surface area contributed by atoms with Crippen LogP contribution >= 0.6 is 0 Å². The summed E-state index contributed by atoms with van der Waals surface area (Å²) in [4.78, 5) is 11.2. The molecule has 7 nitrogen and oxygen atoms in total. The number of likely N-dealkylation sites (tertiary alicyclic amines) is 1. The first-order valence-corrected chi connectivity index (χ1v) is 14.9. The molecular weight excluding hydrogens is 543 g/mol. The Bertz CT molecular complexity index is 1250. The molecule has 2 heterocycles. The van der Waals surface area contributed by atoms with Crippen LogP contribution in [0.3, 0.4) is 0 Å². The van der Waals surface area contributed by atoms with Gasteiger partial charge in [0.05, 0.1) is 13.2 Å². The standard InChI is InChI=1S/C32H40F3N5O2/c1-41-29-15-14-26(42-32(33,34)35)20-25(29)22-39-27-21-24-12-5-6-13-28(24)40(30(27)23-10-3-2-4-11-23)19-8-7-16-36-31-37-17-9-18-38-31/h2-4,9-11,14-15,17-18,20,24,27-28,30,39H,5-8,12-13,16,19,21-22H2,1H3,(H,36,37,38). The van der Waals surface area contributed by atoms with Gasteiger partial charge in [-0.15, -0.1) is 13.2 Å². The molecule has 1 saturated carbocycles. The van der Waals surface area contributed by atoms with Gasteiger partial charge in [0.15, 0.2) is 0 Å². The smallest absolute Gasteiger partial charge is 0.496 e. The van der Waals surface area contributed by atoms with Gasteiger partial charge in [-0.2, -0.15) is 0 Å². The number of hydrogen-bond donors (Lipinski definition) is 2. The summed E-state index contributed by atoms with van der Waals surface area (Å²) in [6.07, 6.45) is 6.65. The molecule has 0 radical (unpaired) electrons. The Morgan fingerprint density at radius 1 is 0.976 bits per heavy atom. The number of unbranched alkanes of at least 4 members (excludes halogenated alkanes) is 1. The highest BCUT2D eigenvalue weighted by molar-refractivity contribution is 5.40. The minimum absolute atomic E-state index is 0.125. The lowest BCUT2D eigenvalue weighted by molar-refractivity contribution is -0.274. The summed E-state index contributed by atoms with van der Waals surface area (Å²) in [6.45, 7) is 2.15. The van der Waals surface area contributed by atoms with Crippen LogP contribution < -0.4 is 20.1 Å². The molecule has 4 atom stereocenters. The fourth-order valence-corrected chi connectivity index (χ4v) is 6.71. The summed E-state index contributed by atoms with van der Waals surface area (Å²) in [5.41, 5.74) is 1.90. The van der Waals surface area contributed by atoms with Crippen LogP contribution in [-0.4, -0.2) is 53.5 Å². The van der Waals surface area contributed by atoms with Gasteiger partial charge >= 0.3 is 6.36 Å². The molecule has 42 heavy (non-hydrogen) atoms. The van der Waals surface area contributed by atoms with Gasteiger partial charge in [-0.05, 0) is 74.4 Å². The lowest BCUT2D eigenvalue weighted by Crippen LogP contribution is -2.57. The van der Waals surface area contributed by atoms with Crippen LogP contribution in [0.5, 0.6) is 11.5 Å². The summed E-state index contributed by atoms with van der Waals surface area (Å²) >= 11 is 0. The van der Waals surface area contributed by atoms with Gasteiger partial charge in [0.25, 0.3) is 0 Å². The van der Waals surface area contributed by atoms with Crippen LogP contribution in [0, 0.1) is 5.92 Å². The number of hydrogen-bond acceptors (Lipinski definition) is 7. The normalized spacial score (nSPS) is 22.8. The number of alkyl halides is 3. The van der Waals surface area contributed by atoms with E-state index < -0.39 is 6.36 Å². The minimum atomic E-state index is -4.75. The number of benzene rings is 2. The number of ether oxygens (including phenoxy) is 2. The Labute approximate surface area is 245 Å². The van der Waals surface area contributed by atoms with Crippen molar-refractivity contribution in [2.75, 3.05) is 25.5 Å². The van der Waals surface area contributed by atoms with E-state index in [-0.39, 0.29) is 17.8 Å². The third-order valence-electron chi connectivity index (χ3n) is 8.46. The van der Waals surface area contributed by atoms with Crippen LogP contribution in [0.25, 0.3) is 0 Å². The van der Waals surface area contributed by atoms with Crippen LogP contribution in [0.1, 0.15) is 62.1 Å². The summed E-state index contributed by atoms with van der Waals surface area (Å²) in [5, 5.41) is 7.06. The molecule has 4 unspecified atom stereocenters. The second-order valence-corrected chi connectivity index (χ2v) is 11.2. The number of halogens is 3. The van der Waals surface area contributed by atoms with Gasteiger partial charge in [-0.1, -0.05) is 43.2 Å². The molecule has 1 saturated heterocycles. The first-order valence-electron chi connectivity index (χ1n) is 14.9. The second-order valence-electron chi connectivity index (χ2n) is 11.2. The number of anilines is 1. The first-order chi connectivity index (χ1) is 20.4. The monoisotopic (exact) mass is 583 g/mol. The van der Waals surface area contributed by atoms with E-state index in [0.717, 1.165) is 32.4 Å². The van der Waals surface area contributed by atoms with Gasteiger partial charge in [-0.3, -0.25) is 4.90 Å². The van der Waals surface area contributed by atoms with Gasteiger partial charge in [0, 0.05) is 43.1 Å². The Morgan fingerprint density at radius 2 is 1.76 bits per heavy atom. The number of methoxy groups -OCH3 is 1. The molecule has 0 bridgehead atoms. The zero-order chi connectivity index (χ0) is 29.4. The fourth-order valence-electron chi connectivity index (χ4n) is 6.71. The zero-order valence-corrected chi connectivity index (χ0v) is 24.0. The third-order valence-corrected chi connectivity index (χ3v) is 8.46. The zero-order valence-electron chi connectivity index (χ0n) is 24.0. The molecule has 0 spiro atoms. The lowest BCUT2D eigenvalue weighted by Gasteiger charge is -2.52. The highest BCUT2D eigenvalue weighted by Crippen LogP contribution is 2.44. The van der Waals surface area contributed by atoms with Crippen LogP contribution in [0.4, 0.5) is 19.1 Å². The highest BCUT2D eigenvalue weighted by Gasteiger charge is 2.43. The molecule has 2 fully saturated rings. The highest BCUT2D eigenvalue weighted by atomic mass is 19.4. The van der Waals surface area contributed by atoms with E-state index in [4.69, 9.17) is 4.74 Å². The van der Waals surface area contributed by atoms with Crippen molar-refractivity contribution in [3.63, 3.8) is 0 Å². The Hall–Kier alpha value is -3.37. The fraction of sp³-hybridized carbons (Fsp3) is 0.500. The molecular formula is C32H40F3N5O2. The van der Waals surface area contributed by atoms with Crippen molar-refractivity contribution in [2.24, 2.45) is 5.92 Å². The second kappa shape index (κ2) is 14.2. The molecule has 10 heteroatoms. The molecule has 0 amide bonds. The van der Waals surface area contributed by atoms with E-state index >= 15 is 0 Å². The first kappa shape index (κ1) is 30.1. The average molecular weight is 584 g/mol. The number of aromatic nitrogens is 2. The number of rotatable bonds is 12. The van der Waals surface area contributed by atoms with Crippen LogP contribution in [0.15, 0.2) is 67.0 Å². The molecule has 2 aliphatic rings. The van der Waals surface area contributed by atoms with Crippen molar-refractivity contribution in [3.8, 4) is 11.5 Å². The van der Waals surface area contributed by atoms with Crippen LogP contribution in [-0.2, 0) is 6.54 Å². The Balaban J connectivity index is 1.33. The van der Waals surface area contributed by atoms with Gasteiger partial charge in [-0.25, -0.2) is 9.97 Å². The van der Waals surface area contributed by atoms with E-state index in [1.165, 1.54) is 56.6 Å². The number of nitrogens with zero attached hydrogens (tertiary/aromatic N) is 3. The number of fused-ring (bicyclic) bond motifs is 1. The summed E-state index contributed by atoms with van der Waals surface area (Å²) in [7, 11) is 1.53. The maximum absolute atomic E-state index is 12.9. The average Bonchev–Trinajstić information content (AvgIpc) is 3.00. The Kier molecular flexibility index (Phi) is 10.2. The number of piperidine rings is 1. The van der Waals surface area contributed by atoms with Gasteiger partial charge in [0.1, 0.15) is 11.5 Å². The molecule has 2 N–H and O–H groups in total. The van der Waals surface area contributed by atoms with Crippen LogP contribution in [0.2, 0.25) is 0 Å². The maximum Gasteiger partial charge on any atom is 0.573 e. The van der Waals surface area contributed by atoms with Crippen molar-refractivity contribution in [1.29, 1.82) is 0 Å². The topological polar surface area (TPSA) is 71.5 Å². The quantitative estimate of drug-likeness (QED) is 0.229. The molecule has 1 aromatic heterocycles. The van der Waals surface area contributed by atoms with E-state index in [0.29, 0.717) is 35.8 Å². The molecule has 226 valence electrons. The van der Waals surface area contributed by atoms with Gasteiger partial charge < -0.3 is 20.1 Å². The molecule has 2 aromatic carbocycles. The molecule has 1 aliphatic heterocycles. The van der Waals surface area contributed by atoms with E-state index in [9.17, 15) is 13.2 Å². The molecule has 1 aliphatic carbocycles. The van der Waals surface area contributed by atoms with Gasteiger partial charge in [0.2, 0.25) is 5.95 Å². The number of nitrogens with one attached hydrogen (secondary N) is 2. The molecule has 3 aromatic rings. The predicted molar refractivity (Wildman–Crippen MR) is 156 cm³/mol. The minimum Gasteiger partial charge on any atom is -0.496 e. The Morgan fingerprint density at radius 3 is 2.52 bits per heavy atom. The van der Waals surface area contributed by atoms with Crippen molar-refractivity contribution in [1.82, 2.24) is 20.2 Å². The summed E-state index contributed by atoms with van der Waals surface area (Å²) < 4.78 is 48.5. The maximum atomic E-state index is 12.9. The van der Waals surface area contributed by atoms with Crippen molar-refractivity contribution >= 4 is 5.95 Å². The van der Waals surface area contributed by atoms with E-state index in [1.807, 2.05) is 6.07 Å². The largest absolute Gasteiger partial charge is 0.573 e. The third kappa shape index (κ3) is 7.92. The summed E-state index contributed by atoms with van der Waals surface area (Å²) in [5.74, 6) is 1.52. The van der Waals surface area contributed by atoms with Crippen molar-refractivity contribution < 1.29 is 22.6 Å². The SMILES string of the molecule is COc1ccc(OC(F)(F)F)cc1CNC1CC2CCCCC2N(CCCCNc2ncccn2)C1c1ccccc1. The summed E-state index contributed by atoms with van der Waals surface area (Å²) in [6, 6.07) is 17.4.